The highest BCUT2D eigenvalue weighted by Crippen LogP contribution is 2.31. The smallest absolute Gasteiger partial charge is 0.148 e. The summed E-state index contributed by atoms with van der Waals surface area (Å²) >= 11 is 5.80. The number of rotatable bonds is 5. The van der Waals surface area contributed by atoms with Crippen LogP contribution in [-0.2, 0) is 12.4 Å². The third-order valence-corrected chi connectivity index (χ3v) is 3.27. The Labute approximate surface area is 111 Å². The molecule has 1 aliphatic carbocycles. The van der Waals surface area contributed by atoms with Crippen LogP contribution in [0, 0.1) is 0 Å². The molecule has 0 bridgehead atoms. The Bertz CT molecular complexity index is 511. The number of furan rings is 1. The lowest BCUT2D eigenvalue weighted by Gasteiger charge is -2.22. The summed E-state index contributed by atoms with van der Waals surface area (Å²) in [6.45, 7) is 0.734. The van der Waals surface area contributed by atoms with Gasteiger partial charge in [-0.05, 0) is 25.0 Å². The quantitative estimate of drug-likeness (QED) is 0.778. The maximum absolute atomic E-state index is 5.80. The summed E-state index contributed by atoms with van der Waals surface area (Å²) in [5.74, 6) is 2.21. The van der Waals surface area contributed by atoms with Crippen molar-refractivity contribution in [3.8, 4) is 0 Å². The first-order chi connectivity index (χ1) is 8.86. The molecule has 0 radical (unpaired) electrons. The predicted molar refractivity (Wildman–Crippen MR) is 69.5 cm³/mol. The number of aromatic nitrogens is 2. The predicted octanol–water partition coefficient (Wildman–Crippen LogP) is 2.98. The molecule has 2 heterocycles. The van der Waals surface area contributed by atoms with Crippen LogP contribution < -0.4 is 4.90 Å². The molecule has 1 aliphatic rings. The van der Waals surface area contributed by atoms with Gasteiger partial charge >= 0.3 is 0 Å². The van der Waals surface area contributed by atoms with Crippen LogP contribution in [0.5, 0.6) is 0 Å². The number of anilines is 1. The second kappa shape index (κ2) is 4.98. The average molecular weight is 264 g/mol. The third kappa shape index (κ3) is 2.48. The van der Waals surface area contributed by atoms with Gasteiger partial charge < -0.3 is 9.32 Å². The van der Waals surface area contributed by atoms with Gasteiger partial charge in [0, 0.05) is 12.2 Å². The lowest BCUT2D eigenvalue weighted by molar-refractivity contribution is 0.500. The van der Waals surface area contributed by atoms with Crippen molar-refractivity contribution in [3.05, 3.63) is 42.2 Å². The van der Waals surface area contributed by atoms with E-state index in [4.69, 9.17) is 16.0 Å². The summed E-state index contributed by atoms with van der Waals surface area (Å²) in [7, 11) is 0. The van der Waals surface area contributed by atoms with Crippen LogP contribution in [0.4, 0.5) is 5.82 Å². The highest BCUT2D eigenvalue weighted by Gasteiger charge is 2.30. The van der Waals surface area contributed by atoms with E-state index in [-0.39, 0.29) is 0 Å². The Balaban J connectivity index is 1.84. The molecular weight excluding hydrogens is 250 g/mol. The van der Waals surface area contributed by atoms with Crippen molar-refractivity contribution in [2.45, 2.75) is 31.3 Å². The molecule has 2 aromatic heterocycles. The van der Waals surface area contributed by atoms with Gasteiger partial charge in [0.05, 0.1) is 30.6 Å². The molecule has 5 heteroatoms. The zero-order valence-corrected chi connectivity index (χ0v) is 10.7. The van der Waals surface area contributed by atoms with E-state index in [1.165, 1.54) is 12.8 Å². The Morgan fingerprint density at radius 1 is 1.39 bits per heavy atom. The van der Waals surface area contributed by atoms with E-state index >= 15 is 0 Å². The zero-order chi connectivity index (χ0) is 12.4. The normalized spacial score (nSPS) is 14.7. The highest BCUT2D eigenvalue weighted by atomic mass is 35.5. The maximum atomic E-state index is 5.80. The van der Waals surface area contributed by atoms with Crippen molar-refractivity contribution < 1.29 is 4.42 Å². The lowest BCUT2D eigenvalue weighted by Crippen LogP contribution is -2.26. The van der Waals surface area contributed by atoms with Gasteiger partial charge in [-0.2, -0.15) is 0 Å². The van der Waals surface area contributed by atoms with Crippen LogP contribution in [0.15, 0.2) is 35.2 Å². The minimum Gasteiger partial charge on any atom is -0.467 e. The molecule has 4 nitrogen and oxygen atoms in total. The maximum Gasteiger partial charge on any atom is 0.148 e. The number of hydrogen-bond donors (Lipinski definition) is 0. The molecule has 0 N–H and O–H groups in total. The van der Waals surface area contributed by atoms with E-state index in [2.05, 4.69) is 14.9 Å². The fraction of sp³-hybridized carbons (Fsp3) is 0.385. The van der Waals surface area contributed by atoms with E-state index in [9.17, 15) is 0 Å². The van der Waals surface area contributed by atoms with Crippen LogP contribution in [-0.4, -0.2) is 16.0 Å². The largest absolute Gasteiger partial charge is 0.467 e. The molecule has 0 atom stereocenters. The van der Waals surface area contributed by atoms with E-state index < -0.39 is 0 Å². The van der Waals surface area contributed by atoms with Gasteiger partial charge in [0.2, 0.25) is 0 Å². The molecule has 1 saturated carbocycles. The van der Waals surface area contributed by atoms with Crippen molar-refractivity contribution in [1.29, 1.82) is 0 Å². The van der Waals surface area contributed by atoms with Crippen molar-refractivity contribution in [2.75, 3.05) is 4.90 Å². The fourth-order valence-electron chi connectivity index (χ4n) is 1.95. The van der Waals surface area contributed by atoms with Gasteiger partial charge in [-0.15, -0.1) is 11.6 Å². The molecular formula is C13H14ClN3O. The van der Waals surface area contributed by atoms with Crippen molar-refractivity contribution in [2.24, 2.45) is 0 Å². The van der Waals surface area contributed by atoms with Crippen LogP contribution in [0.1, 0.15) is 24.3 Å². The van der Waals surface area contributed by atoms with Crippen LogP contribution in [0.3, 0.4) is 0 Å². The van der Waals surface area contributed by atoms with Crippen LogP contribution >= 0.6 is 11.6 Å². The molecule has 18 heavy (non-hydrogen) atoms. The number of hydrogen-bond acceptors (Lipinski definition) is 4. The minimum absolute atomic E-state index is 0.389. The van der Waals surface area contributed by atoms with E-state index in [0.29, 0.717) is 11.9 Å². The fourth-order valence-corrected chi connectivity index (χ4v) is 2.08. The summed E-state index contributed by atoms with van der Waals surface area (Å²) < 4.78 is 5.40. The Hall–Kier alpha value is -1.55. The number of alkyl halides is 1. The topological polar surface area (TPSA) is 42.2 Å². The second-order valence-electron chi connectivity index (χ2n) is 4.44. The van der Waals surface area contributed by atoms with Gasteiger partial charge in [0.25, 0.3) is 0 Å². The summed E-state index contributed by atoms with van der Waals surface area (Å²) in [5, 5.41) is 0. The molecule has 0 amide bonds. The number of nitrogens with zero attached hydrogens (tertiary/aromatic N) is 3. The summed E-state index contributed by atoms with van der Waals surface area (Å²) in [4.78, 5) is 11.0. The molecule has 0 unspecified atom stereocenters. The first kappa shape index (κ1) is 11.5. The molecule has 0 spiro atoms. The summed E-state index contributed by atoms with van der Waals surface area (Å²) in [6.07, 6.45) is 7.59. The molecule has 0 aromatic carbocycles. The standard InChI is InChI=1S/C13H14ClN3O/c14-6-10-7-15-8-13(16-10)17(11-3-4-11)9-12-2-1-5-18-12/h1-2,5,7-8,11H,3-4,6,9H2. The van der Waals surface area contributed by atoms with E-state index in [1.807, 2.05) is 12.1 Å². The zero-order valence-electron chi connectivity index (χ0n) is 9.92. The third-order valence-electron chi connectivity index (χ3n) is 3.00. The second-order valence-corrected chi connectivity index (χ2v) is 4.71. The first-order valence-corrected chi connectivity index (χ1v) is 6.56. The van der Waals surface area contributed by atoms with Gasteiger partial charge in [-0.3, -0.25) is 4.98 Å². The molecule has 94 valence electrons. The SMILES string of the molecule is ClCc1cncc(N(Cc2ccco2)C2CC2)n1. The van der Waals surface area contributed by atoms with Crippen molar-refractivity contribution >= 4 is 17.4 Å². The lowest BCUT2D eigenvalue weighted by atomic mass is 10.3. The Morgan fingerprint density at radius 2 is 2.28 bits per heavy atom. The van der Waals surface area contributed by atoms with Gasteiger partial charge in [-0.1, -0.05) is 0 Å². The monoisotopic (exact) mass is 263 g/mol. The van der Waals surface area contributed by atoms with Gasteiger partial charge in [-0.25, -0.2) is 4.98 Å². The molecule has 2 aromatic rings. The average Bonchev–Trinajstić information content (AvgIpc) is 3.13. The number of halogens is 1. The summed E-state index contributed by atoms with van der Waals surface area (Å²) in [6, 6.07) is 4.44. The Morgan fingerprint density at radius 3 is 2.94 bits per heavy atom. The minimum atomic E-state index is 0.389. The summed E-state index contributed by atoms with van der Waals surface area (Å²) in [5.41, 5.74) is 0.805. The Kier molecular flexibility index (Phi) is 3.19. The van der Waals surface area contributed by atoms with Gasteiger partial charge in [0.15, 0.2) is 0 Å². The van der Waals surface area contributed by atoms with Crippen LogP contribution in [0.25, 0.3) is 0 Å². The molecule has 0 aliphatic heterocycles. The first-order valence-electron chi connectivity index (χ1n) is 6.03. The molecule has 1 fully saturated rings. The van der Waals surface area contributed by atoms with E-state index in [0.717, 1.165) is 23.8 Å². The van der Waals surface area contributed by atoms with Gasteiger partial charge in [0.1, 0.15) is 11.6 Å². The van der Waals surface area contributed by atoms with Crippen molar-refractivity contribution in [3.63, 3.8) is 0 Å². The highest BCUT2D eigenvalue weighted by molar-refractivity contribution is 6.16. The van der Waals surface area contributed by atoms with Crippen molar-refractivity contribution in [1.82, 2.24) is 9.97 Å². The molecule has 0 saturated heterocycles. The van der Waals surface area contributed by atoms with E-state index in [1.54, 1.807) is 18.7 Å². The van der Waals surface area contributed by atoms with Crippen LogP contribution in [0.2, 0.25) is 0 Å². The molecule has 3 rings (SSSR count).